The summed E-state index contributed by atoms with van der Waals surface area (Å²) in [7, 11) is 0. The first-order chi connectivity index (χ1) is 15.5. The topological polar surface area (TPSA) is 122 Å². The van der Waals surface area contributed by atoms with Crippen LogP contribution in [-0.2, 0) is 20.7 Å². The fourth-order valence-corrected chi connectivity index (χ4v) is 3.68. The molecule has 0 atom stereocenters. The lowest BCUT2D eigenvalue weighted by Gasteiger charge is -2.11. The normalized spacial score (nSPS) is 12.6. The van der Waals surface area contributed by atoms with Gasteiger partial charge in [0.15, 0.2) is 5.17 Å². The number of aryl methyl sites for hydroxylation is 1. The third-order valence-electron chi connectivity index (χ3n) is 4.42. The maximum Gasteiger partial charge on any atom is 0.306 e. The van der Waals surface area contributed by atoms with Gasteiger partial charge in [-0.1, -0.05) is 23.9 Å². The predicted molar refractivity (Wildman–Crippen MR) is 125 cm³/mol. The molecule has 0 radical (unpaired) electrons. The summed E-state index contributed by atoms with van der Waals surface area (Å²) in [5.41, 5.74) is 1.90. The van der Waals surface area contributed by atoms with Gasteiger partial charge in [0.25, 0.3) is 5.91 Å². The van der Waals surface area contributed by atoms with E-state index in [9.17, 15) is 14.4 Å². The van der Waals surface area contributed by atoms with Crippen LogP contribution in [0.5, 0.6) is 0 Å². The molecule has 9 nitrogen and oxygen atoms in total. The van der Waals surface area contributed by atoms with Crippen molar-refractivity contribution in [3.63, 3.8) is 0 Å². The summed E-state index contributed by atoms with van der Waals surface area (Å²) >= 11 is 1.63. The van der Waals surface area contributed by atoms with Crippen LogP contribution in [0.15, 0.2) is 47.6 Å². The van der Waals surface area contributed by atoms with Crippen molar-refractivity contribution in [3.8, 4) is 0 Å². The molecule has 168 valence electrons. The molecule has 0 fully saturated rings. The molecule has 0 aliphatic carbocycles. The van der Waals surface area contributed by atoms with Crippen molar-refractivity contribution in [1.82, 2.24) is 10.3 Å². The minimum absolute atomic E-state index is 0.189. The van der Waals surface area contributed by atoms with Crippen molar-refractivity contribution >= 4 is 46.2 Å². The number of aromatic nitrogens is 1. The highest BCUT2D eigenvalue weighted by atomic mass is 32.2. The molecule has 2 amide bonds. The van der Waals surface area contributed by atoms with Gasteiger partial charge in [-0.15, -0.1) is 0 Å². The Balaban J connectivity index is 1.52. The van der Waals surface area contributed by atoms with Crippen molar-refractivity contribution in [1.29, 1.82) is 0 Å². The number of pyridine rings is 1. The van der Waals surface area contributed by atoms with E-state index in [1.165, 1.54) is 0 Å². The number of anilines is 2. The van der Waals surface area contributed by atoms with E-state index in [2.05, 4.69) is 25.9 Å². The van der Waals surface area contributed by atoms with Gasteiger partial charge in [0.05, 0.1) is 19.7 Å². The Morgan fingerprint density at radius 1 is 1.19 bits per heavy atom. The van der Waals surface area contributed by atoms with Crippen LogP contribution in [0.25, 0.3) is 0 Å². The minimum Gasteiger partial charge on any atom is -0.466 e. The summed E-state index contributed by atoms with van der Waals surface area (Å²) in [5, 5.41) is 9.30. The molecule has 10 heteroatoms. The van der Waals surface area contributed by atoms with E-state index < -0.39 is 5.91 Å². The van der Waals surface area contributed by atoms with E-state index in [1.807, 2.05) is 6.07 Å². The second-order valence-electron chi connectivity index (χ2n) is 6.79. The van der Waals surface area contributed by atoms with Crippen LogP contribution in [0.2, 0.25) is 0 Å². The first-order valence-electron chi connectivity index (χ1n) is 10.3. The molecule has 1 aromatic heterocycles. The monoisotopic (exact) mass is 455 g/mol. The van der Waals surface area contributed by atoms with Gasteiger partial charge in [-0.3, -0.25) is 19.4 Å². The molecule has 0 bridgehead atoms. The van der Waals surface area contributed by atoms with Crippen LogP contribution in [0.3, 0.4) is 0 Å². The number of hydrogen-bond acceptors (Lipinski definition) is 8. The van der Waals surface area contributed by atoms with Crippen LogP contribution in [0.1, 0.15) is 29.3 Å². The molecule has 32 heavy (non-hydrogen) atoms. The summed E-state index contributed by atoms with van der Waals surface area (Å²) in [6, 6.07) is 10.5. The zero-order valence-electron chi connectivity index (χ0n) is 17.7. The van der Waals surface area contributed by atoms with Gasteiger partial charge in [0.2, 0.25) is 5.91 Å². The SMILES string of the molecule is CCOC(=O)CCc1cccnc1NC(=O)CNC(=O)c1cccc(NC2=NCCS2)c1. The summed E-state index contributed by atoms with van der Waals surface area (Å²) in [5.74, 6) is 0.209. The highest BCUT2D eigenvalue weighted by Gasteiger charge is 2.13. The van der Waals surface area contributed by atoms with E-state index in [0.29, 0.717) is 30.0 Å². The molecule has 1 aliphatic heterocycles. The van der Waals surface area contributed by atoms with E-state index in [0.717, 1.165) is 23.2 Å². The summed E-state index contributed by atoms with van der Waals surface area (Å²) in [6.07, 6.45) is 2.12. The number of thioether (sulfide) groups is 1. The molecule has 1 aromatic carbocycles. The Morgan fingerprint density at radius 3 is 2.84 bits per heavy atom. The van der Waals surface area contributed by atoms with E-state index in [4.69, 9.17) is 4.74 Å². The number of benzene rings is 1. The largest absolute Gasteiger partial charge is 0.466 e. The van der Waals surface area contributed by atoms with Gasteiger partial charge < -0.3 is 20.7 Å². The molecule has 2 aromatic rings. The number of aliphatic imine (C=N–C) groups is 1. The van der Waals surface area contributed by atoms with Crippen molar-refractivity contribution in [2.75, 3.05) is 36.1 Å². The molecule has 3 N–H and O–H groups in total. The number of hydrogen-bond donors (Lipinski definition) is 3. The minimum atomic E-state index is -0.416. The smallest absolute Gasteiger partial charge is 0.306 e. The number of ether oxygens (including phenoxy) is 1. The molecule has 0 saturated heterocycles. The zero-order chi connectivity index (χ0) is 22.8. The zero-order valence-corrected chi connectivity index (χ0v) is 18.5. The summed E-state index contributed by atoms with van der Waals surface area (Å²) in [6.45, 7) is 2.63. The fourth-order valence-electron chi connectivity index (χ4n) is 2.93. The quantitative estimate of drug-likeness (QED) is 0.497. The number of nitrogens with one attached hydrogen (secondary N) is 3. The van der Waals surface area contributed by atoms with E-state index >= 15 is 0 Å². The lowest BCUT2D eigenvalue weighted by atomic mass is 10.1. The maximum atomic E-state index is 12.5. The molecule has 0 saturated carbocycles. The van der Waals surface area contributed by atoms with Gasteiger partial charge in [0, 0.05) is 29.6 Å². The lowest BCUT2D eigenvalue weighted by molar-refractivity contribution is -0.143. The molecule has 0 unspecified atom stereocenters. The first-order valence-corrected chi connectivity index (χ1v) is 11.3. The van der Waals surface area contributed by atoms with Crippen molar-refractivity contribution in [2.24, 2.45) is 4.99 Å². The molecule has 2 heterocycles. The number of nitrogens with zero attached hydrogens (tertiary/aromatic N) is 2. The van der Waals surface area contributed by atoms with Crippen molar-refractivity contribution in [3.05, 3.63) is 53.7 Å². The van der Waals surface area contributed by atoms with Gasteiger partial charge in [0.1, 0.15) is 5.82 Å². The maximum absolute atomic E-state index is 12.5. The van der Waals surface area contributed by atoms with E-state index in [1.54, 1.807) is 55.2 Å². The number of rotatable bonds is 9. The lowest BCUT2D eigenvalue weighted by Crippen LogP contribution is -2.33. The summed E-state index contributed by atoms with van der Waals surface area (Å²) < 4.78 is 4.93. The number of carbonyl (C=O) groups is 3. The number of esters is 1. The summed E-state index contributed by atoms with van der Waals surface area (Å²) in [4.78, 5) is 44.9. The Kier molecular flexibility index (Phi) is 8.61. The van der Waals surface area contributed by atoms with Crippen molar-refractivity contribution < 1.29 is 19.1 Å². The molecular formula is C22H25N5O4S. The third-order valence-corrected chi connectivity index (χ3v) is 5.32. The Hall–Kier alpha value is -3.40. The van der Waals surface area contributed by atoms with Crippen LogP contribution < -0.4 is 16.0 Å². The van der Waals surface area contributed by atoms with Crippen LogP contribution in [0, 0.1) is 0 Å². The average molecular weight is 456 g/mol. The van der Waals surface area contributed by atoms with Gasteiger partial charge in [-0.2, -0.15) is 0 Å². The van der Waals surface area contributed by atoms with Gasteiger partial charge in [-0.25, -0.2) is 4.98 Å². The Morgan fingerprint density at radius 2 is 2.06 bits per heavy atom. The number of amidine groups is 1. The van der Waals surface area contributed by atoms with Gasteiger partial charge >= 0.3 is 5.97 Å². The Bertz CT molecular complexity index is 1010. The predicted octanol–water partition coefficient (Wildman–Crippen LogP) is 2.46. The highest BCUT2D eigenvalue weighted by Crippen LogP contribution is 2.17. The number of carbonyl (C=O) groups excluding carboxylic acids is 3. The second-order valence-corrected chi connectivity index (χ2v) is 7.87. The number of amides is 2. The molecule has 0 spiro atoms. The highest BCUT2D eigenvalue weighted by molar-refractivity contribution is 8.14. The van der Waals surface area contributed by atoms with Crippen LogP contribution >= 0.6 is 11.8 Å². The Labute approximate surface area is 190 Å². The third kappa shape index (κ3) is 7.09. The second kappa shape index (κ2) is 11.8. The fraction of sp³-hybridized carbons (Fsp3) is 0.318. The molecule has 1 aliphatic rings. The van der Waals surface area contributed by atoms with Crippen molar-refractivity contribution in [2.45, 2.75) is 19.8 Å². The van der Waals surface area contributed by atoms with Crippen LogP contribution in [-0.4, -0.2) is 53.4 Å². The van der Waals surface area contributed by atoms with Gasteiger partial charge in [-0.05, 0) is 43.2 Å². The average Bonchev–Trinajstić information content (AvgIpc) is 3.30. The van der Waals surface area contributed by atoms with E-state index in [-0.39, 0.29) is 24.8 Å². The molecule has 3 rings (SSSR count). The standard InChI is InChI=1S/C22H25N5O4S/c1-2-31-19(29)9-8-15-6-4-10-23-20(15)27-18(28)14-25-21(30)16-5-3-7-17(13-16)26-22-24-11-12-32-22/h3-7,10,13H,2,8-9,11-12,14H2,1H3,(H,24,26)(H,25,30)(H,23,27,28). The molecular weight excluding hydrogens is 430 g/mol. The van der Waals surface area contributed by atoms with Crippen LogP contribution in [0.4, 0.5) is 11.5 Å². The first kappa shape index (κ1) is 23.3.